The first-order valence-corrected chi connectivity index (χ1v) is 8.20. The molecule has 2 aromatic rings. The van der Waals surface area contributed by atoms with E-state index in [1.54, 1.807) is 45.0 Å². The average molecular weight is 360 g/mol. The molecule has 140 valence electrons. The summed E-state index contributed by atoms with van der Waals surface area (Å²) in [5.41, 5.74) is 0.661. The Morgan fingerprint density at radius 3 is 2.46 bits per heavy atom. The molecule has 2 N–H and O–H groups in total. The second-order valence-electron chi connectivity index (χ2n) is 5.98. The Morgan fingerprint density at radius 2 is 1.85 bits per heavy atom. The molecule has 1 aromatic carbocycles. The van der Waals surface area contributed by atoms with Gasteiger partial charge in [0.05, 0.1) is 4.92 Å². The van der Waals surface area contributed by atoms with E-state index in [1.165, 1.54) is 18.5 Å². The van der Waals surface area contributed by atoms with Crippen molar-refractivity contribution >= 4 is 28.8 Å². The number of aromatic nitrogens is 1. The van der Waals surface area contributed by atoms with Gasteiger partial charge in [0.15, 0.2) is 0 Å². The summed E-state index contributed by atoms with van der Waals surface area (Å²) in [4.78, 5) is 26.0. The van der Waals surface area contributed by atoms with E-state index in [-0.39, 0.29) is 5.69 Å². The van der Waals surface area contributed by atoms with Crippen LogP contribution in [0.4, 0.5) is 27.5 Å². The van der Waals surface area contributed by atoms with Crippen LogP contribution in [0.5, 0.6) is 0 Å². The summed E-state index contributed by atoms with van der Waals surface area (Å²) in [6.07, 6.45) is 2.05. The van der Waals surface area contributed by atoms with Crippen LogP contribution in [0.1, 0.15) is 34.6 Å². The van der Waals surface area contributed by atoms with Gasteiger partial charge >= 0.3 is 11.8 Å². The van der Waals surface area contributed by atoms with Crippen LogP contribution in [0.25, 0.3) is 0 Å². The number of rotatable bonds is 4. The Bertz CT molecular complexity index is 757. The molecule has 8 heteroatoms. The van der Waals surface area contributed by atoms with Crippen LogP contribution in [-0.4, -0.2) is 21.6 Å². The van der Waals surface area contributed by atoms with E-state index < -0.39 is 16.6 Å². The first kappa shape index (κ1) is 20.9. The van der Waals surface area contributed by atoms with E-state index in [4.69, 9.17) is 4.74 Å². The van der Waals surface area contributed by atoms with Crippen molar-refractivity contribution in [3.05, 3.63) is 52.8 Å². The molecule has 0 atom stereocenters. The average Bonchev–Trinajstić information content (AvgIpc) is 2.55. The Labute approximate surface area is 152 Å². The fraction of sp³-hybridized carbons (Fsp3) is 0.333. The quantitative estimate of drug-likeness (QED) is 0.580. The van der Waals surface area contributed by atoms with E-state index in [2.05, 4.69) is 15.6 Å². The molecule has 2 rings (SSSR count). The first-order chi connectivity index (χ1) is 12.2. The topological polar surface area (TPSA) is 106 Å². The number of amides is 1. The van der Waals surface area contributed by atoms with Crippen LogP contribution in [0, 0.1) is 10.1 Å². The monoisotopic (exact) mass is 360 g/mol. The van der Waals surface area contributed by atoms with Crippen molar-refractivity contribution in [3.8, 4) is 0 Å². The Morgan fingerprint density at radius 1 is 1.19 bits per heavy atom. The molecule has 0 saturated carbocycles. The molecule has 0 aliphatic rings. The fourth-order valence-electron chi connectivity index (χ4n) is 1.89. The number of anilines is 3. The number of ether oxygens (including phenoxy) is 1. The number of hydrogen-bond donors (Lipinski definition) is 2. The molecule has 0 aliphatic carbocycles. The normalized spacial score (nSPS) is 10.2. The zero-order chi connectivity index (χ0) is 19.7. The minimum Gasteiger partial charge on any atom is -0.444 e. The zero-order valence-electron chi connectivity index (χ0n) is 15.6. The van der Waals surface area contributed by atoms with Crippen molar-refractivity contribution in [2.45, 2.75) is 40.2 Å². The molecule has 1 aromatic heterocycles. The lowest BCUT2D eigenvalue weighted by atomic mass is 10.2. The maximum Gasteiger partial charge on any atom is 0.412 e. The van der Waals surface area contributed by atoms with E-state index in [0.29, 0.717) is 17.1 Å². The Hall–Kier alpha value is -3.16. The second-order valence-corrected chi connectivity index (χ2v) is 5.98. The first-order valence-electron chi connectivity index (χ1n) is 8.20. The molecule has 0 bridgehead atoms. The summed E-state index contributed by atoms with van der Waals surface area (Å²) >= 11 is 0. The number of benzene rings is 1. The number of carbonyl (C=O) groups excluding carboxylic acids is 1. The Kier molecular flexibility index (Phi) is 7.52. The standard InChI is InChI=1S/C16H18N4O4.C2H6/c1-16(2,3)24-15(21)19-12-6-4-5-11(9-12)18-13-7-8-17-10-14(13)20(22)23;1-2/h4-10H,1-3H3,(H,17,18)(H,19,21);1-2H3. The second kappa shape index (κ2) is 9.36. The predicted octanol–water partition coefficient (Wildman–Crippen LogP) is 5.11. The molecule has 8 nitrogen and oxygen atoms in total. The van der Waals surface area contributed by atoms with Crippen LogP contribution in [0.15, 0.2) is 42.7 Å². The van der Waals surface area contributed by atoms with Gasteiger partial charge in [-0.25, -0.2) is 4.79 Å². The highest BCUT2D eigenvalue weighted by molar-refractivity contribution is 5.86. The van der Waals surface area contributed by atoms with Crippen LogP contribution < -0.4 is 10.6 Å². The van der Waals surface area contributed by atoms with Gasteiger partial charge in [-0.2, -0.15) is 0 Å². The molecule has 0 spiro atoms. The smallest absolute Gasteiger partial charge is 0.412 e. The highest BCUT2D eigenvalue weighted by Gasteiger charge is 2.17. The van der Waals surface area contributed by atoms with Crippen LogP contribution >= 0.6 is 0 Å². The predicted molar refractivity (Wildman–Crippen MR) is 102 cm³/mol. The molecule has 0 fully saturated rings. The van der Waals surface area contributed by atoms with Gasteiger partial charge in [0.25, 0.3) is 0 Å². The fourth-order valence-corrected chi connectivity index (χ4v) is 1.89. The number of nitrogens with one attached hydrogen (secondary N) is 2. The van der Waals surface area contributed by atoms with Crippen molar-refractivity contribution in [3.63, 3.8) is 0 Å². The third-order valence-electron chi connectivity index (χ3n) is 2.78. The largest absolute Gasteiger partial charge is 0.444 e. The molecule has 1 heterocycles. The van der Waals surface area contributed by atoms with Crippen molar-refractivity contribution in [2.24, 2.45) is 0 Å². The lowest BCUT2D eigenvalue weighted by molar-refractivity contribution is -0.384. The third kappa shape index (κ3) is 6.76. The highest BCUT2D eigenvalue weighted by atomic mass is 16.6. The van der Waals surface area contributed by atoms with E-state index >= 15 is 0 Å². The molecular formula is C18H24N4O4. The van der Waals surface area contributed by atoms with Crippen molar-refractivity contribution in [1.29, 1.82) is 0 Å². The van der Waals surface area contributed by atoms with Crippen molar-refractivity contribution < 1.29 is 14.5 Å². The Balaban J connectivity index is 0.00000163. The van der Waals surface area contributed by atoms with Crippen LogP contribution in [0.2, 0.25) is 0 Å². The molecule has 0 unspecified atom stereocenters. The van der Waals surface area contributed by atoms with Gasteiger partial charge in [-0.3, -0.25) is 20.4 Å². The van der Waals surface area contributed by atoms with E-state index in [1.807, 2.05) is 13.8 Å². The van der Waals surface area contributed by atoms with Gasteiger partial charge < -0.3 is 10.1 Å². The van der Waals surface area contributed by atoms with Gasteiger partial charge in [0.2, 0.25) is 0 Å². The lowest BCUT2D eigenvalue weighted by Gasteiger charge is -2.19. The summed E-state index contributed by atoms with van der Waals surface area (Å²) < 4.78 is 5.18. The third-order valence-corrected chi connectivity index (χ3v) is 2.78. The van der Waals surface area contributed by atoms with Gasteiger partial charge in [0.1, 0.15) is 17.5 Å². The van der Waals surface area contributed by atoms with Crippen molar-refractivity contribution in [2.75, 3.05) is 10.6 Å². The zero-order valence-corrected chi connectivity index (χ0v) is 15.6. The lowest BCUT2D eigenvalue weighted by Crippen LogP contribution is -2.27. The summed E-state index contributed by atoms with van der Waals surface area (Å²) in [6, 6.07) is 8.28. The number of carbonyl (C=O) groups is 1. The maximum atomic E-state index is 11.8. The van der Waals surface area contributed by atoms with Crippen molar-refractivity contribution in [1.82, 2.24) is 4.98 Å². The minimum atomic E-state index is -0.600. The van der Waals surface area contributed by atoms with Gasteiger partial charge in [-0.1, -0.05) is 19.9 Å². The summed E-state index contributed by atoms with van der Waals surface area (Å²) in [7, 11) is 0. The minimum absolute atomic E-state index is 0.136. The van der Waals surface area contributed by atoms with Gasteiger partial charge in [-0.15, -0.1) is 0 Å². The molecule has 0 saturated heterocycles. The summed E-state index contributed by atoms with van der Waals surface area (Å²) in [5.74, 6) is 0. The van der Waals surface area contributed by atoms with Crippen LogP contribution in [0.3, 0.4) is 0 Å². The number of hydrogen-bond acceptors (Lipinski definition) is 6. The summed E-state index contributed by atoms with van der Waals surface area (Å²) in [5, 5.41) is 16.6. The van der Waals surface area contributed by atoms with E-state index in [9.17, 15) is 14.9 Å². The molecule has 0 aliphatic heterocycles. The SMILES string of the molecule is CC.CC(C)(C)OC(=O)Nc1cccc(Nc2ccncc2[N+](=O)[O-])c1. The van der Waals surface area contributed by atoms with Gasteiger partial charge in [0, 0.05) is 17.6 Å². The van der Waals surface area contributed by atoms with Crippen LogP contribution in [-0.2, 0) is 4.74 Å². The highest BCUT2D eigenvalue weighted by Crippen LogP contribution is 2.27. The number of nitrogens with zero attached hydrogens (tertiary/aromatic N) is 2. The van der Waals surface area contributed by atoms with Gasteiger partial charge in [-0.05, 0) is 45.0 Å². The molecule has 26 heavy (non-hydrogen) atoms. The number of nitro groups is 1. The maximum absolute atomic E-state index is 11.8. The summed E-state index contributed by atoms with van der Waals surface area (Å²) in [6.45, 7) is 9.31. The van der Waals surface area contributed by atoms with E-state index in [0.717, 1.165) is 0 Å². The molecule has 1 amide bonds. The molecular weight excluding hydrogens is 336 g/mol. The number of pyridine rings is 1. The molecule has 0 radical (unpaired) electrons.